The number of allylic oxidation sites excluding steroid dienone is 1. The Morgan fingerprint density at radius 1 is 1.16 bits per heavy atom. The van der Waals surface area contributed by atoms with Crippen molar-refractivity contribution in [3.05, 3.63) is 76.6 Å². The van der Waals surface area contributed by atoms with Crippen LogP contribution in [0.5, 0.6) is 0 Å². The number of β-lactam (4-membered cyclic amide) rings is 1. The van der Waals surface area contributed by atoms with E-state index in [0.717, 1.165) is 21.8 Å². The van der Waals surface area contributed by atoms with Crippen molar-refractivity contribution in [3.63, 3.8) is 0 Å². The molecule has 1 saturated heterocycles. The highest BCUT2D eigenvalue weighted by Crippen LogP contribution is 2.46. The summed E-state index contributed by atoms with van der Waals surface area (Å²) in [6, 6.07) is 15.5. The monoisotopic (exact) mass is 366 g/mol. The number of carbonyl (C=O) groups is 2. The van der Waals surface area contributed by atoms with Crippen molar-refractivity contribution in [2.75, 3.05) is 5.75 Å². The molecule has 1 amide bonds. The minimum Gasteiger partial charge on any atom is -0.296 e. The molecule has 1 atom stereocenters. The van der Waals surface area contributed by atoms with E-state index in [2.05, 4.69) is 4.98 Å². The van der Waals surface area contributed by atoms with Crippen molar-refractivity contribution < 1.29 is 9.59 Å². The maximum Gasteiger partial charge on any atom is 0.258 e. The minimum absolute atomic E-state index is 0.102. The molecule has 1 fully saturated rings. The summed E-state index contributed by atoms with van der Waals surface area (Å²) in [6.45, 7) is 0. The van der Waals surface area contributed by atoms with Crippen molar-refractivity contribution in [2.45, 2.75) is 10.3 Å². The third-order valence-electron chi connectivity index (χ3n) is 3.97. The van der Waals surface area contributed by atoms with Crippen LogP contribution in [0.4, 0.5) is 0 Å². The van der Waals surface area contributed by atoms with Crippen LogP contribution >= 0.6 is 23.5 Å². The number of nitrogens with zero attached hydrogens (tertiary/aromatic N) is 2. The SMILES string of the molecule is O=CC1=C(Sc2ccccc2)CSC2/C(=C\c3ccccn3)C(=O)N12. The Bertz CT molecular complexity index is 879. The smallest absolute Gasteiger partial charge is 0.258 e. The molecular formula is C19H14N2O2S2. The number of hydrogen-bond donors (Lipinski definition) is 0. The van der Waals surface area contributed by atoms with Gasteiger partial charge in [0.1, 0.15) is 5.37 Å². The van der Waals surface area contributed by atoms with E-state index in [1.165, 1.54) is 0 Å². The number of hydrogen-bond acceptors (Lipinski definition) is 5. The molecule has 4 nitrogen and oxygen atoms in total. The maximum atomic E-state index is 12.6. The molecule has 2 aliphatic heterocycles. The number of amides is 1. The summed E-state index contributed by atoms with van der Waals surface area (Å²) in [6.07, 6.45) is 4.31. The van der Waals surface area contributed by atoms with Gasteiger partial charge in [0.15, 0.2) is 6.29 Å². The van der Waals surface area contributed by atoms with Gasteiger partial charge in [0.05, 0.1) is 17.0 Å². The highest BCUT2D eigenvalue weighted by Gasteiger charge is 2.47. The zero-order valence-corrected chi connectivity index (χ0v) is 14.8. The van der Waals surface area contributed by atoms with Crippen LogP contribution < -0.4 is 0 Å². The lowest BCUT2D eigenvalue weighted by Gasteiger charge is -2.45. The molecule has 25 heavy (non-hydrogen) atoms. The van der Waals surface area contributed by atoms with E-state index >= 15 is 0 Å². The molecule has 2 aromatic rings. The van der Waals surface area contributed by atoms with Crippen molar-refractivity contribution >= 4 is 41.8 Å². The molecule has 0 N–H and O–H groups in total. The number of aromatic nitrogens is 1. The second-order valence-corrected chi connectivity index (χ2v) is 7.77. The standard InChI is InChI=1S/C19H14N2O2S2/c22-11-16-17(25-14-7-2-1-3-8-14)12-24-19-15(18(23)21(16)19)10-13-6-4-5-9-20-13/h1-11,19H,12H2/b15-10-. The quantitative estimate of drug-likeness (QED) is 0.470. The Labute approximate surface area is 154 Å². The van der Waals surface area contributed by atoms with Gasteiger partial charge in [-0.25, -0.2) is 0 Å². The van der Waals surface area contributed by atoms with Crippen molar-refractivity contribution in [2.24, 2.45) is 0 Å². The van der Waals surface area contributed by atoms with E-state index in [1.807, 2.05) is 54.6 Å². The van der Waals surface area contributed by atoms with E-state index in [9.17, 15) is 9.59 Å². The van der Waals surface area contributed by atoms with Crippen LogP contribution in [-0.2, 0) is 9.59 Å². The number of benzene rings is 1. The average molecular weight is 366 g/mol. The molecule has 6 heteroatoms. The highest BCUT2D eigenvalue weighted by molar-refractivity contribution is 8.06. The van der Waals surface area contributed by atoms with Gasteiger partial charge >= 0.3 is 0 Å². The van der Waals surface area contributed by atoms with Gasteiger partial charge in [-0.15, -0.1) is 11.8 Å². The van der Waals surface area contributed by atoms with Gasteiger partial charge in [-0.2, -0.15) is 0 Å². The first-order chi connectivity index (χ1) is 12.3. The molecule has 1 aromatic heterocycles. The summed E-state index contributed by atoms with van der Waals surface area (Å²) < 4.78 is 0. The number of rotatable bonds is 4. The molecule has 0 saturated carbocycles. The van der Waals surface area contributed by atoms with Crippen molar-refractivity contribution in [1.29, 1.82) is 0 Å². The summed E-state index contributed by atoms with van der Waals surface area (Å²) in [5.41, 5.74) is 1.94. The lowest BCUT2D eigenvalue weighted by atomic mass is 10.0. The van der Waals surface area contributed by atoms with Crippen LogP contribution in [0.25, 0.3) is 6.08 Å². The molecule has 3 heterocycles. The van der Waals surface area contributed by atoms with Gasteiger partial charge in [0.2, 0.25) is 0 Å². The van der Waals surface area contributed by atoms with Gasteiger partial charge in [-0.1, -0.05) is 36.0 Å². The fraction of sp³-hybridized carbons (Fsp3) is 0.105. The molecule has 0 aliphatic carbocycles. The molecular weight excluding hydrogens is 352 g/mol. The van der Waals surface area contributed by atoms with E-state index in [4.69, 9.17) is 0 Å². The number of fused-ring (bicyclic) bond motifs is 1. The predicted octanol–water partition coefficient (Wildman–Crippen LogP) is 3.58. The summed E-state index contributed by atoms with van der Waals surface area (Å²) in [4.78, 5) is 32.1. The van der Waals surface area contributed by atoms with Crippen LogP contribution in [-0.4, -0.2) is 33.2 Å². The Morgan fingerprint density at radius 2 is 1.96 bits per heavy atom. The Balaban J connectivity index is 1.61. The molecule has 1 aromatic carbocycles. The van der Waals surface area contributed by atoms with Crippen LogP contribution in [0.15, 0.2) is 75.8 Å². The molecule has 124 valence electrons. The summed E-state index contributed by atoms with van der Waals surface area (Å²) in [5.74, 6) is 0.595. The fourth-order valence-corrected chi connectivity index (χ4v) is 5.21. The molecule has 0 spiro atoms. The summed E-state index contributed by atoms with van der Waals surface area (Å²) in [5, 5.41) is -0.102. The van der Waals surface area contributed by atoms with E-state index < -0.39 is 0 Å². The normalized spacial score (nSPS) is 21.1. The lowest BCUT2D eigenvalue weighted by Crippen LogP contribution is -2.54. The minimum atomic E-state index is -0.115. The first kappa shape index (κ1) is 16.2. The maximum absolute atomic E-state index is 12.6. The van der Waals surface area contributed by atoms with Gasteiger partial charge in [-0.3, -0.25) is 19.5 Å². The van der Waals surface area contributed by atoms with Gasteiger partial charge in [-0.05, 0) is 30.3 Å². The molecule has 0 radical (unpaired) electrons. The topological polar surface area (TPSA) is 50.3 Å². The molecule has 0 bridgehead atoms. The van der Waals surface area contributed by atoms with Crippen LogP contribution in [0, 0.1) is 0 Å². The second kappa shape index (κ2) is 6.90. The highest BCUT2D eigenvalue weighted by atomic mass is 32.2. The van der Waals surface area contributed by atoms with Crippen molar-refractivity contribution in [3.8, 4) is 0 Å². The second-order valence-electron chi connectivity index (χ2n) is 5.53. The van der Waals surface area contributed by atoms with Crippen molar-refractivity contribution in [1.82, 2.24) is 9.88 Å². The van der Waals surface area contributed by atoms with E-state index in [1.54, 1.807) is 34.6 Å². The summed E-state index contributed by atoms with van der Waals surface area (Å²) >= 11 is 3.21. The molecule has 4 rings (SSSR count). The molecule has 2 aliphatic rings. The Morgan fingerprint density at radius 3 is 2.68 bits per heavy atom. The van der Waals surface area contributed by atoms with Crippen LogP contribution in [0.2, 0.25) is 0 Å². The third-order valence-corrected chi connectivity index (χ3v) is 6.50. The average Bonchev–Trinajstić information content (AvgIpc) is 2.67. The molecule has 1 unspecified atom stereocenters. The number of pyridine rings is 1. The first-order valence-electron chi connectivity index (χ1n) is 7.77. The van der Waals surface area contributed by atoms with Crippen LogP contribution in [0.3, 0.4) is 0 Å². The third kappa shape index (κ3) is 3.03. The summed E-state index contributed by atoms with van der Waals surface area (Å²) in [7, 11) is 0. The van der Waals surface area contributed by atoms with Crippen LogP contribution in [0.1, 0.15) is 5.69 Å². The number of carbonyl (C=O) groups excluding carboxylic acids is 2. The first-order valence-corrected chi connectivity index (χ1v) is 9.63. The van der Waals surface area contributed by atoms with E-state index in [0.29, 0.717) is 17.0 Å². The zero-order chi connectivity index (χ0) is 17.2. The van der Waals surface area contributed by atoms with Gasteiger partial charge in [0.25, 0.3) is 5.91 Å². The largest absolute Gasteiger partial charge is 0.296 e. The van der Waals surface area contributed by atoms with E-state index in [-0.39, 0.29) is 11.3 Å². The number of aldehydes is 1. The lowest BCUT2D eigenvalue weighted by molar-refractivity contribution is -0.132. The fourth-order valence-electron chi connectivity index (χ4n) is 2.78. The Kier molecular flexibility index (Phi) is 4.46. The van der Waals surface area contributed by atoms with Gasteiger partial charge in [0, 0.05) is 21.8 Å². The Hall–Kier alpha value is -2.31. The predicted molar refractivity (Wildman–Crippen MR) is 101 cm³/mol. The zero-order valence-electron chi connectivity index (χ0n) is 13.2. The number of thioether (sulfide) groups is 2. The van der Waals surface area contributed by atoms with Gasteiger partial charge < -0.3 is 0 Å².